The van der Waals surface area contributed by atoms with Gasteiger partial charge in [0.25, 0.3) is 0 Å². The fraction of sp³-hybridized carbons (Fsp3) is 0.300. The fourth-order valence-electron chi connectivity index (χ4n) is 2.61. The van der Waals surface area contributed by atoms with Crippen LogP contribution in [0, 0.1) is 6.92 Å². The summed E-state index contributed by atoms with van der Waals surface area (Å²) in [5, 5.41) is 0. The Balaban J connectivity index is 2.38. The lowest BCUT2D eigenvalue weighted by atomic mass is 9.97. The van der Waals surface area contributed by atoms with E-state index in [0.29, 0.717) is 0 Å². The van der Waals surface area contributed by atoms with Gasteiger partial charge in [-0.05, 0) is 43.0 Å². The number of hydrogen-bond acceptors (Lipinski definition) is 1. The minimum Gasteiger partial charge on any atom is -0.390 e. The monoisotopic (exact) mass is 307 g/mol. The molecule has 0 saturated carbocycles. The summed E-state index contributed by atoms with van der Waals surface area (Å²) in [7, 11) is 0. The molecule has 0 heterocycles. The third kappa shape index (κ3) is 5.06. The molecule has 120 valence electrons. The van der Waals surface area contributed by atoms with E-state index >= 15 is 0 Å². The largest absolute Gasteiger partial charge is 0.390 e. The Bertz CT molecular complexity index is 687. The first-order chi connectivity index (χ1) is 11.2. The first kappa shape index (κ1) is 16.9. The van der Waals surface area contributed by atoms with Crippen LogP contribution in [0.3, 0.4) is 0 Å². The molecular formula is C20H25N3. The molecule has 0 atom stereocenters. The Hall–Kier alpha value is -2.42. The first-order valence-corrected chi connectivity index (χ1v) is 8.20. The highest BCUT2D eigenvalue weighted by Crippen LogP contribution is 2.32. The fourth-order valence-corrected chi connectivity index (χ4v) is 2.61. The standard InChI is InChI=1S/C20H25N3/c1-3-4-5-8-17-10-11-20(23-15-22-14-21)19(13-17)18-9-6-7-16(2)12-18/h6-7,9-15H,3-5,8H2,1-2H3,(H2,21,22,23). The van der Waals surface area contributed by atoms with Gasteiger partial charge in [-0.15, -0.1) is 0 Å². The Morgan fingerprint density at radius 1 is 1.09 bits per heavy atom. The minimum absolute atomic E-state index is 0.917. The van der Waals surface area contributed by atoms with Gasteiger partial charge < -0.3 is 5.73 Å². The van der Waals surface area contributed by atoms with Crippen LogP contribution in [-0.2, 0) is 6.42 Å². The van der Waals surface area contributed by atoms with Crippen molar-refractivity contribution >= 4 is 18.4 Å². The average molecular weight is 307 g/mol. The number of nitrogens with zero attached hydrogens (tertiary/aromatic N) is 2. The predicted octanol–water partition coefficient (Wildman–Crippen LogP) is 5.04. The van der Waals surface area contributed by atoms with Crippen molar-refractivity contribution in [3.8, 4) is 11.1 Å². The van der Waals surface area contributed by atoms with E-state index in [9.17, 15) is 0 Å². The zero-order valence-corrected chi connectivity index (χ0v) is 14.0. The second kappa shape index (κ2) is 8.89. The van der Waals surface area contributed by atoms with Gasteiger partial charge in [0.1, 0.15) is 6.34 Å². The molecule has 0 spiro atoms. The van der Waals surface area contributed by atoms with E-state index in [0.717, 1.165) is 17.7 Å². The summed E-state index contributed by atoms with van der Waals surface area (Å²) in [5.41, 5.74) is 11.1. The maximum absolute atomic E-state index is 5.27. The number of unbranched alkanes of at least 4 members (excludes halogenated alkanes) is 2. The third-order valence-corrected chi connectivity index (χ3v) is 3.81. The van der Waals surface area contributed by atoms with Gasteiger partial charge in [0.2, 0.25) is 0 Å². The summed E-state index contributed by atoms with van der Waals surface area (Å²) in [6.45, 7) is 4.34. The molecule has 3 nitrogen and oxygen atoms in total. The number of nitrogens with two attached hydrogens (primary N) is 1. The van der Waals surface area contributed by atoms with E-state index in [-0.39, 0.29) is 0 Å². The molecule has 0 saturated heterocycles. The van der Waals surface area contributed by atoms with Gasteiger partial charge in [0, 0.05) is 5.56 Å². The molecule has 23 heavy (non-hydrogen) atoms. The highest BCUT2D eigenvalue weighted by atomic mass is 14.9. The SMILES string of the molecule is CCCCCc1ccc(N=CN=CN)c(-c2cccc(C)c2)c1. The molecule has 0 aliphatic heterocycles. The van der Waals surface area contributed by atoms with E-state index in [4.69, 9.17) is 5.73 Å². The molecule has 2 rings (SSSR count). The minimum atomic E-state index is 0.917. The molecular weight excluding hydrogens is 282 g/mol. The Labute approximate surface area is 139 Å². The molecule has 0 bridgehead atoms. The third-order valence-electron chi connectivity index (χ3n) is 3.81. The predicted molar refractivity (Wildman–Crippen MR) is 101 cm³/mol. The maximum Gasteiger partial charge on any atom is 0.117 e. The summed E-state index contributed by atoms with van der Waals surface area (Å²) in [6, 6.07) is 15.0. The second-order valence-corrected chi connectivity index (χ2v) is 5.72. The summed E-state index contributed by atoms with van der Waals surface area (Å²) in [4.78, 5) is 8.30. The Morgan fingerprint density at radius 2 is 1.96 bits per heavy atom. The van der Waals surface area contributed by atoms with Crippen LogP contribution in [0.15, 0.2) is 52.4 Å². The highest BCUT2D eigenvalue weighted by molar-refractivity contribution is 5.81. The van der Waals surface area contributed by atoms with E-state index in [1.165, 1.54) is 48.6 Å². The zero-order valence-electron chi connectivity index (χ0n) is 14.0. The second-order valence-electron chi connectivity index (χ2n) is 5.72. The average Bonchev–Trinajstić information content (AvgIpc) is 2.56. The zero-order chi connectivity index (χ0) is 16.5. The van der Waals surface area contributed by atoms with Crippen molar-refractivity contribution in [2.45, 2.75) is 39.5 Å². The molecule has 0 aromatic heterocycles. The molecule has 0 fully saturated rings. The van der Waals surface area contributed by atoms with Gasteiger partial charge in [-0.1, -0.05) is 55.7 Å². The van der Waals surface area contributed by atoms with Crippen LogP contribution in [0.4, 0.5) is 5.69 Å². The molecule has 0 unspecified atom stereocenters. The molecule has 0 amide bonds. The van der Waals surface area contributed by atoms with Crippen LogP contribution in [0.5, 0.6) is 0 Å². The van der Waals surface area contributed by atoms with Crippen LogP contribution in [-0.4, -0.2) is 12.7 Å². The van der Waals surface area contributed by atoms with Gasteiger partial charge in [0.15, 0.2) is 0 Å². The van der Waals surface area contributed by atoms with E-state index < -0.39 is 0 Å². The van der Waals surface area contributed by atoms with Crippen LogP contribution in [0.25, 0.3) is 11.1 Å². The number of aliphatic imine (C=N–C) groups is 2. The summed E-state index contributed by atoms with van der Waals surface area (Å²) >= 11 is 0. The number of benzene rings is 2. The Morgan fingerprint density at radius 3 is 2.70 bits per heavy atom. The summed E-state index contributed by atoms with van der Waals surface area (Å²) in [5.74, 6) is 0. The number of aryl methyl sites for hydroxylation is 2. The number of hydrogen-bond donors (Lipinski definition) is 1. The molecule has 2 N–H and O–H groups in total. The Kier molecular flexibility index (Phi) is 6.55. The maximum atomic E-state index is 5.27. The van der Waals surface area contributed by atoms with Gasteiger partial charge in [0.05, 0.1) is 12.0 Å². The highest BCUT2D eigenvalue weighted by Gasteiger charge is 2.06. The lowest BCUT2D eigenvalue weighted by Crippen LogP contribution is -1.89. The smallest absolute Gasteiger partial charge is 0.117 e. The molecule has 0 radical (unpaired) electrons. The molecule has 2 aromatic rings. The van der Waals surface area contributed by atoms with Crippen molar-refractivity contribution in [2.75, 3.05) is 0 Å². The normalized spacial score (nSPS) is 11.6. The van der Waals surface area contributed by atoms with Crippen molar-refractivity contribution in [2.24, 2.45) is 15.7 Å². The van der Waals surface area contributed by atoms with Gasteiger partial charge in [-0.2, -0.15) is 0 Å². The topological polar surface area (TPSA) is 50.7 Å². The van der Waals surface area contributed by atoms with Gasteiger partial charge in [-0.3, -0.25) is 0 Å². The molecule has 2 aromatic carbocycles. The molecule has 3 heteroatoms. The van der Waals surface area contributed by atoms with Crippen molar-refractivity contribution in [1.82, 2.24) is 0 Å². The van der Waals surface area contributed by atoms with Crippen molar-refractivity contribution in [1.29, 1.82) is 0 Å². The summed E-state index contributed by atoms with van der Waals surface area (Å²) < 4.78 is 0. The molecule has 0 aliphatic carbocycles. The van der Waals surface area contributed by atoms with E-state index in [2.05, 4.69) is 66.3 Å². The van der Waals surface area contributed by atoms with E-state index in [1.807, 2.05) is 0 Å². The quantitative estimate of drug-likeness (QED) is 0.435. The van der Waals surface area contributed by atoms with Crippen LogP contribution in [0.2, 0.25) is 0 Å². The lowest BCUT2D eigenvalue weighted by Gasteiger charge is -2.10. The lowest BCUT2D eigenvalue weighted by molar-refractivity contribution is 0.717. The number of rotatable bonds is 7. The van der Waals surface area contributed by atoms with E-state index in [1.54, 1.807) is 0 Å². The van der Waals surface area contributed by atoms with Crippen LogP contribution in [0.1, 0.15) is 37.3 Å². The van der Waals surface area contributed by atoms with Crippen molar-refractivity contribution in [3.63, 3.8) is 0 Å². The van der Waals surface area contributed by atoms with Crippen molar-refractivity contribution in [3.05, 3.63) is 53.6 Å². The van der Waals surface area contributed by atoms with Gasteiger partial charge >= 0.3 is 0 Å². The van der Waals surface area contributed by atoms with Crippen molar-refractivity contribution < 1.29 is 0 Å². The van der Waals surface area contributed by atoms with Crippen LogP contribution < -0.4 is 5.73 Å². The first-order valence-electron chi connectivity index (χ1n) is 8.20. The van der Waals surface area contributed by atoms with Gasteiger partial charge in [-0.25, -0.2) is 9.98 Å². The van der Waals surface area contributed by atoms with Crippen LogP contribution >= 0.6 is 0 Å². The summed E-state index contributed by atoms with van der Waals surface area (Å²) in [6.07, 6.45) is 7.58. The molecule has 0 aliphatic rings.